The van der Waals surface area contributed by atoms with E-state index in [1.54, 1.807) is 18.5 Å². The molecule has 0 saturated heterocycles. The fourth-order valence-electron chi connectivity index (χ4n) is 2.34. The fraction of sp³-hybridized carbons (Fsp3) is 0.500. The maximum Gasteiger partial charge on any atom is 0.336 e. The van der Waals surface area contributed by atoms with Crippen LogP contribution >= 0.6 is 0 Å². The molecule has 2 rings (SSSR count). The molecule has 0 amide bonds. The van der Waals surface area contributed by atoms with Crippen molar-refractivity contribution in [2.45, 2.75) is 38.0 Å². The van der Waals surface area contributed by atoms with Crippen LogP contribution in [0, 0.1) is 0 Å². The first-order chi connectivity index (χ1) is 7.29. The van der Waals surface area contributed by atoms with Gasteiger partial charge in [0, 0.05) is 12.4 Å². The van der Waals surface area contributed by atoms with E-state index in [0.717, 1.165) is 18.4 Å². The van der Waals surface area contributed by atoms with Gasteiger partial charge in [-0.05, 0) is 30.4 Å². The number of carbonyl (C=O) groups is 1. The third-order valence-corrected chi connectivity index (χ3v) is 3.13. The smallest absolute Gasteiger partial charge is 0.336 e. The van der Waals surface area contributed by atoms with Crippen LogP contribution in [0.4, 0.5) is 0 Å². The van der Waals surface area contributed by atoms with Crippen molar-refractivity contribution in [2.24, 2.45) is 0 Å². The van der Waals surface area contributed by atoms with Gasteiger partial charge < -0.3 is 5.11 Å². The minimum atomic E-state index is -0.835. The number of rotatable bonds is 2. The van der Waals surface area contributed by atoms with Crippen molar-refractivity contribution in [3.05, 3.63) is 29.6 Å². The Labute approximate surface area is 89.2 Å². The van der Waals surface area contributed by atoms with E-state index in [1.807, 2.05) is 0 Å². The van der Waals surface area contributed by atoms with Crippen molar-refractivity contribution < 1.29 is 9.90 Å². The number of carboxylic acid groups (broad SMARTS) is 1. The molecule has 1 N–H and O–H groups in total. The van der Waals surface area contributed by atoms with E-state index in [1.165, 1.54) is 19.3 Å². The summed E-state index contributed by atoms with van der Waals surface area (Å²) in [6, 6.07) is 1.60. The number of nitrogens with zero attached hydrogens (tertiary/aromatic N) is 1. The van der Waals surface area contributed by atoms with Crippen LogP contribution in [0.5, 0.6) is 0 Å². The molecule has 0 aromatic carbocycles. The molecule has 0 radical (unpaired) electrons. The lowest BCUT2D eigenvalue weighted by Crippen LogP contribution is -2.10. The zero-order valence-electron chi connectivity index (χ0n) is 8.65. The molecule has 1 aromatic rings. The van der Waals surface area contributed by atoms with Gasteiger partial charge in [0.05, 0.1) is 5.56 Å². The van der Waals surface area contributed by atoms with Crippen molar-refractivity contribution in [1.82, 2.24) is 4.98 Å². The maximum absolute atomic E-state index is 11.0. The largest absolute Gasteiger partial charge is 0.478 e. The second-order valence-electron chi connectivity index (χ2n) is 4.10. The average Bonchev–Trinajstić information content (AvgIpc) is 2.30. The van der Waals surface area contributed by atoms with Gasteiger partial charge in [0.15, 0.2) is 0 Å². The number of aromatic nitrogens is 1. The van der Waals surface area contributed by atoms with Crippen molar-refractivity contribution >= 4 is 5.97 Å². The Kier molecular flexibility index (Phi) is 2.99. The molecule has 0 spiro atoms. The predicted octanol–water partition coefficient (Wildman–Crippen LogP) is 2.83. The molecule has 3 nitrogen and oxygen atoms in total. The number of carboxylic acids is 1. The third kappa shape index (κ3) is 2.17. The summed E-state index contributed by atoms with van der Waals surface area (Å²) in [7, 11) is 0. The Morgan fingerprint density at radius 3 is 2.73 bits per heavy atom. The van der Waals surface area contributed by atoms with Crippen LogP contribution in [0.25, 0.3) is 0 Å². The Morgan fingerprint density at radius 1 is 1.33 bits per heavy atom. The standard InChI is InChI=1S/C12H15NO2/c14-12(15)10-6-7-13-8-11(10)9-4-2-1-3-5-9/h6-9H,1-5H2,(H,14,15). The summed E-state index contributed by atoms with van der Waals surface area (Å²) in [6.45, 7) is 0. The molecular weight excluding hydrogens is 190 g/mol. The van der Waals surface area contributed by atoms with Gasteiger partial charge in [0.2, 0.25) is 0 Å². The summed E-state index contributed by atoms with van der Waals surface area (Å²) in [5.41, 5.74) is 1.35. The minimum Gasteiger partial charge on any atom is -0.478 e. The lowest BCUT2D eigenvalue weighted by atomic mass is 9.83. The number of aromatic carboxylic acids is 1. The van der Waals surface area contributed by atoms with Gasteiger partial charge >= 0.3 is 5.97 Å². The monoisotopic (exact) mass is 205 g/mol. The highest BCUT2D eigenvalue weighted by Gasteiger charge is 2.20. The predicted molar refractivity (Wildman–Crippen MR) is 57.0 cm³/mol. The van der Waals surface area contributed by atoms with E-state index in [-0.39, 0.29) is 0 Å². The van der Waals surface area contributed by atoms with Crippen LogP contribution in [-0.4, -0.2) is 16.1 Å². The van der Waals surface area contributed by atoms with Crippen LogP contribution < -0.4 is 0 Å². The maximum atomic E-state index is 11.0. The highest BCUT2D eigenvalue weighted by Crippen LogP contribution is 2.33. The van der Waals surface area contributed by atoms with Crippen molar-refractivity contribution in [2.75, 3.05) is 0 Å². The number of hydrogen-bond donors (Lipinski definition) is 1. The minimum absolute atomic E-state index is 0.401. The molecular formula is C12H15NO2. The van der Waals surface area contributed by atoms with E-state index in [4.69, 9.17) is 5.11 Å². The zero-order chi connectivity index (χ0) is 10.7. The molecule has 1 heterocycles. The molecule has 1 aromatic heterocycles. The normalized spacial score (nSPS) is 17.6. The van der Waals surface area contributed by atoms with Crippen LogP contribution in [0.2, 0.25) is 0 Å². The summed E-state index contributed by atoms with van der Waals surface area (Å²) < 4.78 is 0. The average molecular weight is 205 g/mol. The molecule has 1 fully saturated rings. The van der Waals surface area contributed by atoms with E-state index in [2.05, 4.69) is 4.98 Å². The summed E-state index contributed by atoms with van der Waals surface area (Å²) in [6.07, 6.45) is 9.17. The van der Waals surface area contributed by atoms with Crippen molar-refractivity contribution in [3.63, 3.8) is 0 Å². The van der Waals surface area contributed by atoms with E-state index in [9.17, 15) is 4.79 Å². The van der Waals surface area contributed by atoms with Gasteiger partial charge in [0.25, 0.3) is 0 Å². The topological polar surface area (TPSA) is 50.2 Å². The second kappa shape index (κ2) is 4.43. The Bertz CT molecular complexity index is 356. The highest BCUT2D eigenvalue weighted by atomic mass is 16.4. The molecule has 0 unspecified atom stereocenters. The number of pyridine rings is 1. The SMILES string of the molecule is O=C(O)c1ccncc1C1CCCCC1. The molecule has 80 valence electrons. The van der Waals surface area contributed by atoms with Gasteiger partial charge in [-0.3, -0.25) is 4.98 Å². The lowest BCUT2D eigenvalue weighted by Gasteiger charge is -2.22. The first-order valence-corrected chi connectivity index (χ1v) is 5.46. The van der Waals surface area contributed by atoms with E-state index < -0.39 is 5.97 Å². The molecule has 15 heavy (non-hydrogen) atoms. The van der Waals surface area contributed by atoms with Crippen LogP contribution in [0.15, 0.2) is 18.5 Å². The molecule has 1 aliphatic rings. The Hall–Kier alpha value is -1.38. The molecule has 0 bridgehead atoms. The number of hydrogen-bond acceptors (Lipinski definition) is 2. The molecule has 1 aliphatic carbocycles. The molecule has 0 aliphatic heterocycles. The highest BCUT2D eigenvalue weighted by molar-refractivity contribution is 5.89. The Balaban J connectivity index is 2.29. The van der Waals surface area contributed by atoms with E-state index in [0.29, 0.717) is 11.5 Å². The fourth-order valence-corrected chi connectivity index (χ4v) is 2.34. The molecule has 1 saturated carbocycles. The first kappa shape index (κ1) is 10.1. The summed E-state index contributed by atoms with van der Waals surface area (Å²) in [4.78, 5) is 15.1. The van der Waals surface area contributed by atoms with E-state index >= 15 is 0 Å². The lowest BCUT2D eigenvalue weighted by molar-refractivity contribution is 0.0694. The first-order valence-electron chi connectivity index (χ1n) is 5.46. The summed E-state index contributed by atoms with van der Waals surface area (Å²) >= 11 is 0. The van der Waals surface area contributed by atoms with Gasteiger partial charge in [-0.1, -0.05) is 19.3 Å². The van der Waals surface area contributed by atoms with Crippen LogP contribution in [0.3, 0.4) is 0 Å². The second-order valence-corrected chi connectivity index (χ2v) is 4.10. The van der Waals surface area contributed by atoms with Crippen LogP contribution in [-0.2, 0) is 0 Å². The van der Waals surface area contributed by atoms with Gasteiger partial charge in [-0.25, -0.2) is 4.79 Å². The Morgan fingerprint density at radius 2 is 2.07 bits per heavy atom. The van der Waals surface area contributed by atoms with Crippen molar-refractivity contribution in [3.8, 4) is 0 Å². The summed E-state index contributed by atoms with van der Waals surface area (Å²) in [5.74, 6) is -0.434. The zero-order valence-corrected chi connectivity index (χ0v) is 8.65. The van der Waals surface area contributed by atoms with Crippen LogP contribution in [0.1, 0.15) is 53.9 Å². The third-order valence-electron chi connectivity index (χ3n) is 3.13. The molecule has 3 heteroatoms. The van der Waals surface area contributed by atoms with Gasteiger partial charge in [-0.15, -0.1) is 0 Å². The quantitative estimate of drug-likeness (QED) is 0.807. The molecule has 0 atom stereocenters. The van der Waals surface area contributed by atoms with Crippen molar-refractivity contribution in [1.29, 1.82) is 0 Å². The van der Waals surface area contributed by atoms with Gasteiger partial charge in [-0.2, -0.15) is 0 Å². The van der Waals surface area contributed by atoms with Gasteiger partial charge in [0.1, 0.15) is 0 Å². The summed E-state index contributed by atoms with van der Waals surface area (Å²) in [5, 5.41) is 9.07.